The van der Waals surface area contributed by atoms with Crippen LogP contribution in [0.5, 0.6) is 0 Å². The summed E-state index contributed by atoms with van der Waals surface area (Å²) in [6.07, 6.45) is 0.327. The van der Waals surface area contributed by atoms with Crippen molar-refractivity contribution in [1.82, 2.24) is 20.6 Å². The molecule has 0 fully saturated rings. The largest absolute Gasteiger partial charge is 0.481 e. The number of tetrazole rings is 1. The van der Waals surface area contributed by atoms with Crippen molar-refractivity contribution in [2.45, 2.75) is 12.8 Å². The summed E-state index contributed by atoms with van der Waals surface area (Å²) in [5.74, 6) is -1.47. The molecule has 0 unspecified atom stereocenters. The SMILES string of the molecule is O=C(O)CCc1ccccc1NC(=O)c1nn[nH]n1. The number of rotatable bonds is 5. The quantitative estimate of drug-likeness (QED) is 0.719. The molecule has 98 valence electrons. The number of carbonyl (C=O) groups excluding carboxylic acids is 1. The van der Waals surface area contributed by atoms with Crippen molar-refractivity contribution in [3.05, 3.63) is 35.7 Å². The van der Waals surface area contributed by atoms with Crippen LogP contribution in [-0.4, -0.2) is 37.6 Å². The zero-order chi connectivity index (χ0) is 13.7. The first-order valence-electron chi connectivity index (χ1n) is 5.51. The molecule has 1 aromatic heterocycles. The summed E-state index contributed by atoms with van der Waals surface area (Å²) >= 11 is 0. The Bertz CT molecular complexity index is 582. The molecule has 8 nitrogen and oxygen atoms in total. The molecule has 1 heterocycles. The topological polar surface area (TPSA) is 121 Å². The predicted octanol–water partition coefficient (Wildman–Crippen LogP) is 0.469. The van der Waals surface area contributed by atoms with Gasteiger partial charge in [0, 0.05) is 12.1 Å². The monoisotopic (exact) mass is 261 g/mol. The van der Waals surface area contributed by atoms with Gasteiger partial charge in [-0.05, 0) is 23.3 Å². The van der Waals surface area contributed by atoms with Gasteiger partial charge in [-0.15, -0.1) is 10.2 Å². The van der Waals surface area contributed by atoms with Gasteiger partial charge in [-0.1, -0.05) is 18.2 Å². The summed E-state index contributed by atoms with van der Waals surface area (Å²) in [5, 5.41) is 23.9. The number of carboxylic acid groups (broad SMARTS) is 1. The number of carbonyl (C=O) groups is 2. The third-order valence-electron chi connectivity index (χ3n) is 2.42. The van der Waals surface area contributed by atoms with E-state index in [-0.39, 0.29) is 12.2 Å². The van der Waals surface area contributed by atoms with E-state index in [0.29, 0.717) is 12.1 Å². The smallest absolute Gasteiger partial charge is 0.303 e. The van der Waals surface area contributed by atoms with Crippen LogP contribution < -0.4 is 5.32 Å². The molecule has 0 spiro atoms. The molecule has 1 aromatic carbocycles. The number of amides is 1. The number of hydrogen-bond donors (Lipinski definition) is 3. The molecule has 0 radical (unpaired) electrons. The minimum Gasteiger partial charge on any atom is -0.481 e. The summed E-state index contributed by atoms with van der Waals surface area (Å²) in [6.45, 7) is 0. The van der Waals surface area contributed by atoms with E-state index in [4.69, 9.17) is 5.11 Å². The fraction of sp³-hybridized carbons (Fsp3) is 0.182. The second kappa shape index (κ2) is 5.71. The lowest BCUT2D eigenvalue weighted by atomic mass is 10.1. The molecule has 1 amide bonds. The van der Waals surface area contributed by atoms with Gasteiger partial charge in [0.15, 0.2) is 0 Å². The van der Waals surface area contributed by atoms with E-state index in [2.05, 4.69) is 25.9 Å². The normalized spacial score (nSPS) is 10.1. The van der Waals surface area contributed by atoms with E-state index in [1.54, 1.807) is 24.3 Å². The number of anilines is 1. The van der Waals surface area contributed by atoms with Crippen molar-refractivity contribution in [1.29, 1.82) is 0 Å². The molecule has 8 heteroatoms. The van der Waals surface area contributed by atoms with Gasteiger partial charge in [0.2, 0.25) is 0 Å². The standard InChI is InChI=1S/C11H11N5O3/c17-9(18)6-5-7-3-1-2-4-8(7)12-11(19)10-13-15-16-14-10/h1-4H,5-6H2,(H,12,19)(H,17,18)(H,13,14,15,16). The highest BCUT2D eigenvalue weighted by Gasteiger charge is 2.13. The Labute approximate surface area is 107 Å². The Balaban J connectivity index is 2.11. The Morgan fingerprint density at radius 1 is 1.32 bits per heavy atom. The van der Waals surface area contributed by atoms with Crippen LogP contribution in [0.4, 0.5) is 5.69 Å². The summed E-state index contributed by atoms with van der Waals surface area (Å²) < 4.78 is 0. The average molecular weight is 261 g/mol. The lowest BCUT2D eigenvalue weighted by Crippen LogP contribution is -2.15. The van der Waals surface area contributed by atoms with Crippen molar-refractivity contribution in [3.8, 4) is 0 Å². The summed E-state index contributed by atoms with van der Waals surface area (Å²) in [5.41, 5.74) is 1.28. The predicted molar refractivity (Wildman–Crippen MR) is 64.5 cm³/mol. The van der Waals surface area contributed by atoms with E-state index >= 15 is 0 Å². The van der Waals surface area contributed by atoms with Gasteiger partial charge >= 0.3 is 5.97 Å². The van der Waals surface area contributed by atoms with Gasteiger partial charge < -0.3 is 10.4 Å². The molecule has 2 aromatic rings. The fourth-order valence-electron chi connectivity index (χ4n) is 1.54. The second-order valence-corrected chi connectivity index (χ2v) is 3.74. The van der Waals surface area contributed by atoms with Crippen molar-refractivity contribution in [3.63, 3.8) is 0 Å². The minimum atomic E-state index is -0.890. The van der Waals surface area contributed by atoms with Crippen molar-refractivity contribution in [2.75, 3.05) is 5.32 Å². The van der Waals surface area contributed by atoms with Crippen LogP contribution in [0, 0.1) is 0 Å². The van der Waals surface area contributed by atoms with Crippen LogP contribution in [0.1, 0.15) is 22.6 Å². The first-order chi connectivity index (χ1) is 9.16. The molecule has 3 N–H and O–H groups in total. The van der Waals surface area contributed by atoms with Gasteiger partial charge in [0.05, 0.1) is 0 Å². The van der Waals surface area contributed by atoms with E-state index in [1.165, 1.54) is 0 Å². The van der Waals surface area contributed by atoms with Gasteiger partial charge in [0.1, 0.15) is 0 Å². The van der Waals surface area contributed by atoms with Crippen molar-refractivity contribution in [2.24, 2.45) is 0 Å². The lowest BCUT2D eigenvalue weighted by Gasteiger charge is -2.08. The molecule has 0 aliphatic carbocycles. The number of nitrogens with one attached hydrogen (secondary N) is 2. The summed E-state index contributed by atoms with van der Waals surface area (Å²) in [4.78, 5) is 22.3. The minimum absolute atomic E-state index is 0.00487. The third kappa shape index (κ3) is 3.35. The fourth-order valence-corrected chi connectivity index (χ4v) is 1.54. The Morgan fingerprint density at radius 2 is 2.11 bits per heavy atom. The molecule has 0 aliphatic heterocycles. The Kier molecular flexibility index (Phi) is 3.81. The summed E-state index contributed by atoms with van der Waals surface area (Å²) in [6, 6.07) is 6.97. The van der Waals surface area contributed by atoms with Crippen LogP contribution in [0.2, 0.25) is 0 Å². The number of aryl methyl sites for hydroxylation is 1. The summed E-state index contributed by atoms with van der Waals surface area (Å²) in [7, 11) is 0. The van der Waals surface area contributed by atoms with Crippen LogP contribution >= 0.6 is 0 Å². The maximum absolute atomic E-state index is 11.8. The molecule has 0 saturated heterocycles. The average Bonchev–Trinajstić information content (AvgIpc) is 2.91. The zero-order valence-electron chi connectivity index (χ0n) is 9.83. The van der Waals surface area contributed by atoms with E-state index in [0.717, 1.165) is 5.56 Å². The molecular formula is C11H11N5O3. The number of aromatic amines is 1. The van der Waals surface area contributed by atoms with E-state index in [1.807, 2.05) is 0 Å². The Morgan fingerprint density at radius 3 is 2.79 bits per heavy atom. The van der Waals surface area contributed by atoms with Gasteiger partial charge in [-0.2, -0.15) is 5.21 Å². The molecule has 2 rings (SSSR count). The molecular weight excluding hydrogens is 250 g/mol. The zero-order valence-corrected chi connectivity index (χ0v) is 9.83. The maximum atomic E-state index is 11.8. The number of hydrogen-bond acceptors (Lipinski definition) is 5. The maximum Gasteiger partial charge on any atom is 0.303 e. The van der Waals surface area contributed by atoms with Crippen molar-refractivity contribution < 1.29 is 14.7 Å². The van der Waals surface area contributed by atoms with Gasteiger partial charge in [-0.25, -0.2) is 0 Å². The molecule has 0 saturated carbocycles. The van der Waals surface area contributed by atoms with Crippen LogP contribution in [-0.2, 0) is 11.2 Å². The number of aliphatic carboxylic acids is 1. The molecule has 19 heavy (non-hydrogen) atoms. The highest BCUT2D eigenvalue weighted by atomic mass is 16.4. The van der Waals surface area contributed by atoms with Crippen LogP contribution in [0.3, 0.4) is 0 Å². The molecule has 0 atom stereocenters. The number of carboxylic acids is 1. The third-order valence-corrected chi connectivity index (χ3v) is 2.42. The second-order valence-electron chi connectivity index (χ2n) is 3.74. The van der Waals surface area contributed by atoms with E-state index < -0.39 is 11.9 Å². The first-order valence-corrected chi connectivity index (χ1v) is 5.51. The van der Waals surface area contributed by atoms with Gasteiger partial charge in [-0.3, -0.25) is 9.59 Å². The number of aromatic nitrogens is 4. The highest BCUT2D eigenvalue weighted by Crippen LogP contribution is 2.17. The number of benzene rings is 1. The Hall–Kier alpha value is -2.77. The first kappa shape index (κ1) is 12.7. The highest BCUT2D eigenvalue weighted by molar-refractivity contribution is 6.01. The van der Waals surface area contributed by atoms with E-state index in [9.17, 15) is 9.59 Å². The number of nitrogens with zero attached hydrogens (tertiary/aromatic N) is 3. The lowest BCUT2D eigenvalue weighted by molar-refractivity contribution is -0.136. The van der Waals surface area contributed by atoms with Crippen molar-refractivity contribution >= 4 is 17.6 Å². The number of H-pyrrole nitrogens is 1. The molecule has 0 bridgehead atoms. The van der Waals surface area contributed by atoms with Crippen LogP contribution in [0.25, 0.3) is 0 Å². The van der Waals surface area contributed by atoms with Gasteiger partial charge in [0.25, 0.3) is 11.7 Å². The van der Waals surface area contributed by atoms with Crippen LogP contribution in [0.15, 0.2) is 24.3 Å². The number of para-hydroxylation sites is 1. The molecule has 0 aliphatic rings.